The van der Waals surface area contributed by atoms with E-state index in [0.717, 1.165) is 22.2 Å². The highest BCUT2D eigenvalue weighted by molar-refractivity contribution is 5.95. The lowest BCUT2D eigenvalue weighted by atomic mass is 10.1. The molecule has 30 heavy (non-hydrogen) atoms. The second-order valence-corrected chi connectivity index (χ2v) is 6.61. The summed E-state index contributed by atoms with van der Waals surface area (Å²) in [7, 11) is 0. The number of phenols is 1. The van der Waals surface area contributed by atoms with E-state index in [1.807, 2.05) is 42.5 Å². The van der Waals surface area contributed by atoms with E-state index in [4.69, 9.17) is 4.74 Å². The molecule has 0 aliphatic heterocycles. The molecule has 0 unspecified atom stereocenters. The number of fused-ring (bicyclic) bond motifs is 1. The number of hydrazone groups is 1. The molecule has 1 aromatic heterocycles. The Bertz CT molecular complexity index is 1200. The van der Waals surface area contributed by atoms with E-state index < -0.39 is 0 Å². The lowest BCUT2D eigenvalue weighted by Crippen LogP contribution is -2.17. The largest absolute Gasteiger partial charge is 0.508 e. The zero-order valence-corrected chi connectivity index (χ0v) is 16.0. The Balaban J connectivity index is 1.36. The Morgan fingerprint density at radius 2 is 1.83 bits per heavy atom. The van der Waals surface area contributed by atoms with Crippen molar-refractivity contribution in [3.63, 3.8) is 0 Å². The van der Waals surface area contributed by atoms with Crippen molar-refractivity contribution in [2.45, 2.75) is 6.61 Å². The normalized spacial score (nSPS) is 10.9. The maximum absolute atomic E-state index is 12.2. The molecule has 0 aliphatic rings. The molecule has 6 heteroatoms. The predicted octanol–water partition coefficient (Wildman–Crippen LogP) is 4.28. The number of rotatable bonds is 6. The lowest BCUT2D eigenvalue weighted by molar-refractivity contribution is 0.0955. The number of hydrogen-bond donors (Lipinski definition) is 2. The minimum Gasteiger partial charge on any atom is -0.508 e. The highest BCUT2D eigenvalue weighted by Gasteiger charge is 2.06. The molecular formula is C24H19N3O3. The van der Waals surface area contributed by atoms with Crippen molar-refractivity contribution in [3.05, 3.63) is 102 Å². The van der Waals surface area contributed by atoms with Crippen LogP contribution >= 0.6 is 0 Å². The molecule has 3 aromatic carbocycles. The molecule has 0 bridgehead atoms. The van der Waals surface area contributed by atoms with Crippen LogP contribution in [-0.4, -0.2) is 22.2 Å². The van der Waals surface area contributed by atoms with Gasteiger partial charge in [-0.2, -0.15) is 5.10 Å². The second-order valence-electron chi connectivity index (χ2n) is 6.61. The Hall–Kier alpha value is -4.19. The van der Waals surface area contributed by atoms with Crippen molar-refractivity contribution < 1.29 is 14.6 Å². The summed E-state index contributed by atoms with van der Waals surface area (Å²) in [5, 5.41) is 14.4. The summed E-state index contributed by atoms with van der Waals surface area (Å²) in [6.07, 6.45) is 3.21. The van der Waals surface area contributed by atoms with Gasteiger partial charge in [0, 0.05) is 17.1 Å². The van der Waals surface area contributed by atoms with Crippen LogP contribution in [0.3, 0.4) is 0 Å². The molecule has 4 aromatic rings. The SMILES string of the molecule is O=C(N/N=C\c1cccc(O)c1)c1ccc(COc2cccc3cccnc23)cc1. The summed E-state index contributed by atoms with van der Waals surface area (Å²) in [6.45, 7) is 0.368. The number of nitrogens with one attached hydrogen (secondary N) is 1. The van der Waals surface area contributed by atoms with Gasteiger partial charge < -0.3 is 9.84 Å². The smallest absolute Gasteiger partial charge is 0.271 e. The third kappa shape index (κ3) is 4.62. The van der Waals surface area contributed by atoms with Crippen LogP contribution in [0.5, 0.6) is 11.5 Å². The van der Waals surface area contributed by atoms with Crippen molar-refractivity contribution in [1.29, 1.82) is 0 Å². The first-order valence-corrected chi connectivity index (χ1v) is 9.37. The standard InChI is InChI=1S/C24H19N3O3/c28-21-7-1-4-18(14-21)15-26-27-24(29)20-11-9-17(10-12-20)16-30-22-8-2-5-19-6-3-13-25-23(19)22/h1-15,28H,16H2,(H,27,29)/b26-15-. The minimum atomic E-state index is -0.322. The van der Waals surface area contributed by atoms with Gasteiger partial charge in [-0.3, -0.25) is 9.78 Å². The summed E-state index contributed by atoms with van der Waals surface area (Å²) in [5.74, 6) is 0.538. The number of carbonyl (C=O) groups is 1. The number of ether oxygens (including phenoxy) is 1. The van der Waals surface area contributed by atoms with E-state index >= 15 is 0 Å². The number of benzene rings is 3. The summed E-state index contributed by atoms with van der Waals surface area (Å²) in [5.41, 5.74) is 5.40. The molecule has 6 nitrogen and oxygen atoms in total. The van der Waals surface area contributed by atoms with Crippen molar-refractivity contribution in [2.24, 2.45) is 5.10 Å². The Labute approximate surface area is 173 Å². The molecule has 0 spiro atoms. The molecule has 0 atom stereocenters. The number of amides is 1. The first-order valence-electron chi connectivity index (χ1n) is 9.37. The van der Waals surface area contributed by atoms with Gasteiger partial charge in [0.05, 0.1) is 6.21 Å². The van der Waals surface area contributed by atoms with E-state index in [-0.39, 0.29) is 11.7 Å². The second kappa shape index (κ2) is 8.87. The number of phenolic OH excluding ortho intramolecular Hbond substituents is 1. The number of para-hydroxylation sites is 1. The fourth-order valence-electron chi connectivity index (χ4n) is 2.94. The fourth-order valence-corrected chi connectivity index (χ4v) is 2.94. The van der Waals surface area contributed by atoms with Gasteiger partial charge in [0.25, 0.3) is 5.91 Å². The van der Waals surface area contributed by atoms with Crippen LogP contribution in [0, 0.1) is 0 Å². The highest BCUT2D eigenvalue weighted by Crippen LogP contribution is 2.23. The summed E-state index contributed by atoms with van der Waals surface area (Å²) >= 11 is 0. The van der Waals surface area contributed by atoms with E-state index in [1.54, 1.807) is 42.6 Å². The van der Waals surface area contributed by atoms with Gasteiger partial charge in [0.15, 0.2) is 0 Å². The molecule has 0 saturated carbocycles. The summed E-state index contributed by atoms with van der Waals surface area (Å²) in [6, 6.07) is 23.4. The number of hydrogen-bond acceptors (Lipinski definition) is 5. The van der Waals surface area contributed by atoms with Crippen LogP contribution < -0.4 is 10.2 Å². The minimum absolute atomic E-state index is 0.141. The highest BCUT2D eigenvalue weighted by atomic mass is 16.5. The van der Waals surface area contributed by atoms with Crippen LogP contribution in [0.2, 0.25) is 0 Å². The number of pyridine rings is 1. The number of aromatic hydroxyl groups is 1. The molecule has 1 amide bonds. The van der Waals surface area contributed by atoms with Crippen molar-refractivity contribution in [3.8, 4) is 11.5 Å². The topological polar surface area (TPSA) is 83.8 Å². The Kier molecular flexibility index (Phi) is 5.66. The van der Waals surface area contributed by atoms with E-state index in [1.165, 1.54) is 6.21 Å². The molecule has 0 fully saturated rings. The third-order valence-corrected chi connectivity index (χ3v) is 4.46. The molecule has 0 aliphatic carbocycles. The first kappa shape index (κ1) is 19.1. The fraction of sp³-hybridized carbons (Fsp3) is 0.0417. The van der Waals surface area contributed by atoms with Crippen molar-refractivity contribution >= 4 is 23.0 Å². The maximum Gasteiger partial charge on any atom is 0.271 e. The quantitative estimate of drug-likeness (QED) is 0.376. The molecule has 1 heterocycles. The van der Waals surface area contributed by atoms with Crippen LogP contribution in [0.15, 0.2) is 90.2 Å². The molecule has 2 N–H and O–H groups in total. The molecule has 0 radical (unpaired) electrons. The van der Waals surface area contributed by atoms with E-state index in [0.29, 0.717) is 17.7 Å². The number of nitrogens with zero attached hydrogens (tertiary/aromatic N) is 2. The van der Waals surface area contributed by atoms with Gasteiger partial charge in [-0.15, -0.1) is 0 Å². The van der Waals surface area contributed by atoms with Crippen molar-refractivity contribution in [1.82, 2.24) is 10.4 Å². The lowest BCUT2D eigenvalue weighted by Gasteiger charge is -2.09. The first-order chi connectivity index (χ1) is 14.7. The van der Waals surface area contributed by atoms with E-state index in [9.17, 15) is 9.90 Å². The van der Waals surface area contributed by atoms with Gasteiger partial charge in [0.1, 0.15) is 23.6 Å². The third-order valence-electron chi connectivity index (χ3n) is 4.46. The Morgan fingerprint density at radius 1 is 1.03 bits per heavy atom. The van der Waals surface area contributed by atoms with Gasteiger partial charge >= 0.3 is 0 Å². The monoisotopic (exact) mass is 397 g/mol. The van der Waals surface area contributed by atoms with Crippen LogP contribution in [0.1, 0.15) is 21.5 Å². The molecule has 148 valence electrons. The van der Waals surface area contributed by atoms with Crippen LogP contribution in [0.4, 0.5) is 0 Å². The molecule has 4 rings (SSSR count). The Morgan fingerprint density at radius 3 is 2.67 bits per heavy atom. The molecular weight excluding hydrogens is 378 g/mol. The van der Waals surface area contributed by atoms with E-state index in [2.05, 4.69) is 15.5 Å². The zero-order chi connectivity index (χ0) is 20.8. The number of carbonyl (C=O) groups excluding carboxylic acids is 1. The molecule has 0 saturated heterocycles. The number of aromatic nitrogens is 1. The van der Waals surface area contributed by atoms with Crippen LogP contribution in [0.25, 0.3) is 10.9 Å². The zero-order valence-electron chi connectivity index (χ0n) is 16.0. The summed E-state index contributed by atoms with van der Waals surface area (Å²) < 4.78 is 5.92. The van der Waals surface area contributed by atoms with Gasteiger partial charge in [-0.25, -0.2) is 5.43 Å². The van der Waals surface area contributed by atoms with Gasteiger partial charge in [0.2, 0.25) is 0 Å². The van der Waals surface area contributed by atoms with Gasteiger partial charge in [-0.05, 0) is 47.5 Å². The van der Waals surface area contributed by atoms with Crippen LogP contribution in [-0.2, 0) is 6.61 Å². The maximum atomic E-state index is 12.2. The average molecular weight is 397 g/mol. The summed E-state index contributed by atoms with van der Waals surface area (Å²) in [4.78, 5) is 16.6. The average Bonchev–Trinajstić information content (AvgIpc) is 2.78. The predicted molar refractivity (Wildman–Crippen MR) is 116 cm³/mol. The van der Waals surface area contributed by atoms with Crippen molar-refractivity contribution in [2.75, 3.05) is 0 Å². The van der Waals surface area contributed by atoms with Gasteiger partial charge in [-0.1, -0.05) is 42.5 Å².